The predicted octanol–water partition coefficient (Wildman–Crippen LogP) is 3.30. The van der Waals surface area contributed by atoms with E-state index in [0.717, 1.165) is 17.9 Å². The van der Waals surface area contributed by atoms with E-state index in [9.17, 15) is 0 Å². The largest absolute Gasteiger partial charge is 0.497 e. The van der Waals surface area contributed by atoms with Crippen LogP contribution in [0, 0.1) is 0 Å². The fraction of sp³-hybridized carbons (Fsp3) is 0.462. The summed E-state index contributed by atoms with van der Waals surface area (Å²) < 4.78 is 5.08. The average Bonchev–Trinajstić information content (AvgIpc) is 2.30. The molecule has 0 amide bonds. The second-order valence-electron chi connectivity index (χ2n) is 3.52. The number of aliphatic imine (C=N–C) groups is 1. The highest BCUT2D eigenvalue weighted by molar-refractivity contribution is 5.79. The molecule has 0 unspecified atom stereocenters. The maximum atomic E-state index is 5.08. The summed E-state index contributed by atoms with van der Waals surface area (Å²) in [5.41, 5.74) is 1.13. The van der Waals surface area contributed by atoms with E-state index in [1.807, 2.05) is 30.5 Å². The van der Waals surface area contributed by atoms with Crippen LogP contribution in [0.1, 0.15) is 31.7 Å². The van der Waals surface area contributed by atoms with Crippen LogP contribution in [0.5, 0.6) is 5.75 Å². The molecule has 2 nitrogen and oxygen atoms in total. The van der Waals surface area contributed by atoms with Gasteiger partial charge in [0.05, 0.1) is 7.11 Å². The Morgan fingerprint density at radius 3 is 2.53 bits per heavy atom. The molecule has 0 bridgehead atoms. The van der Waals surface area contributed by atoms with Gasteiger partial charge in [-0.05, 0) is 36.2 Å². The van der Waals surface area contributed by atoms with Gasteiger partial charge in [-0.15, -0.1) is 0 Å². The highest BCUT2D eigenvalue weighted by Gasteiger charge is 1.90. The van der Waals surface area contributed by atoms with E-state index in [0.29, 0.717) is 0 Å². The lowest BCUT2D eigenvalue weighted by Crippen LogP contribution is -1.86. The van der Waals surface area contributed by atoms with Crippen LogP contribution in [0.15, 0.2) is 29.3 Å². The number of ether oxygens (including phenoxy) is 1. The molecule has 0 saturated carbocycles. The van der Waals surface area contributed by atoms with E-state index >= 15 is 0 Å². The number of nitrogens with zero attached hydrogens (tertiary/aromatic N) is 1. The van der Waals surface area contributed by atoms with Crippen molar-refractivity contribution in [1.82, 2.24) is 0 Å². The first kappa shape index (κ1) is 11.8. The Kier molecular flexibility index (Phi) is 5.52. The van der Waals surface area contributed by atoms with E-state index < -0.39 is 0 Å². The first-order valence-electron chi connectivity index (χ1n) is 5.50. The molecular weight excluding hydrogens is 186 g/mol. The maximum absolute atomic E-state index is 5.08. The molecular formula is C13H19NO. The Labute approximate surface area is 92.0 Å². The maximum Gasteiger partial charge on any atom is 0.118 e. The van der Waals surface area contributed by atoms with E-state index in [-0.39, 0.29) is 0 Å². The molecule has 0 fully saturated rings. The molecule has 0 saturated heterocycles. The van der Waals surface area contributed by atoms with Crippen molar-refractivity contribution in [2.75, 3.05) is 13.7 Å². The minimum Gasteiger partial charge on any atom is -0.497 e. The van der Waals surface area contributed by atoms with E-state index in [2.05, 4.69) is 11.9 Å². The molecule has 0 aliphatic rings. The van der Waals surface area contributed by atoms with Gasteiger partial charge in [0.2, 0.25) is 0 Å². The smallest absolute Gasteiger partial charge is 0.118 e. The topological polar surface area (TPSA) is 21.6 Å². The zero-order chi connectivity index (χ0) is 10.9. The summed E-state index contributed by atoms with van der Waals surface area (Å²) in [6.07, 6.45) is 5.62. The SMILES string of the molecule is CCCCCN=Cc1ccc(OC)cc1. The predicted molar refractivity (Wildman–Crippen MR) is 65.0 cm³/mol. The molecule has 15 heavy (non-hydrogen) atoms. The van der Waals surface area contributed by atoms with Crippen molar-refractivity contribution < 1.29 is 4.74 Å². The van der Waals surface area contributed by atoms with E-state index in [4.69, 9.17) is 4.74 Å². The number of unbranched alkanes of at least 4 members (excludes halogenated alkanes) is 2. The van der Waals surface area contributed by atoms with Crippen molar-refractivity contribution in [3.8, 4) is 5.75 Å². The number of methoxy groups -OCH3 is 1. The summed E-state index contributed by atoms with van der Waals surface area (Å²) >= 11 is 0. The summed E-state index contributed by atoms with van der Waals surface area (Å²) in [5, 5.41) is 0. The van der Waals surface area contributed by atoms with Crippen molar-refractivity contribution in [1.29, 1.82) is 0 Å². The fourth-order valence-electron chi connectivity index (χ4n) is 1.31. The Morgan fingerprint density at radius 1 is 1.20 bits per heavy atom. The van der Waals surface area contributed by atoms with Crippen LogP contribution >= 0.6 is 0 Å². The first-order valence-corrected chi connectivity index (χ1v) is 5.50. The third-order valence-electron chi connectivity index (χ3n) is 2.25. The lowest BCUT2D eigenvalue weighted by atomic mass is 10.2. The minimum atomic E-state index is 0.887. The molecule has 0 aromatic heterocycles. The van der Waals surface area contributed by atoms with Crippen LogP contribution in [0.4, 0.5) is 0 Å². The fourth-order valence-corrected chi connectivity index (χ4v) is 1.31. The van der Waals surface area contributed by atoms with Gasteiger partial charge in [0.25, 0.3) is 0 Å². The molecule has 0 aliphatic carbocycles. The second-order valence-corrected chi connectivity index (χ2v) is 3.52. The summed E-state index contributed by atoms with van der Waals surface area (Å²) in [6.45, 7) is 3.13. The Balaban J connectivity index is 2.36. The van der Waals surface area contributed by atoms with Crippen molar-refractivity contribution in [2.24, 2.45) is 4.99 Å². The van der Waals surface area contributed by atoms with Gasteiger partial charge in [-0.2, -0.15) is 0 Å². The summed E-state index contributed by atoms with van der Waals surface area (Å²) in [7, 11) is 1.67. The van der Waals surface area contributed by atoms with Crippen LogP contribution in [-0.4, -0.2) is 19.9 Å². The third-order valence-corrected chi connectivity index (χ3v) is 2.25. The van der Waals surface area contributed by atoms with Crippen molar-refractivity contribution in [2.45, 2.75) is 26.2 Å². The van der Waals surface area contributed by atoms with Crippen molar-refractivity contribution in [3.05, 3.63) is 29.8 Å². The molecule has 0 heterocycles. The summed E-state index contributed by atoms with van der Waals surface area (Å²) in [4.78, 5) is 4.37. The van der Waals surface area contributed by atoms with E-state index in [1.165, 1.54) is 19.3 Å². The molecule has 0 N–H and O–H groups in total. The van der Waals surface area contributed by atoms with Gasteiger partial charge in [0, 0.05) is 12.8 Å². The zero-order valence-corrected chi connectivity index (χ0v) is 9.57. The number of benzene rings is 1. The lowest BCUT2D eigenvalue weighted by molar-refractivity contribution is 0.415. The lowest BCUT2D eigenvalue weighted by Gasteiger charge is -1.98. The normalized spacial score (nSPS) is 10.8. The van der Waals surface area contributed by atoms with Crippen molar-refractivity contribution >= 4 is 6.21 Å². The molecule has 0 atom stereocenters. The van der Waals surface area contributed by atoms with E-state index in [1.54, 1.807) is 7.11 Å². The van der Waals surface area contributed by atoms with Crippen LogP contribution in [-0.2, 0) is 0 Å². The van der Waals surface area contributed by atoms with Gasteiger partial charge in [-0.25, -0.2) is 0 Å². The van der Waals surface area contributed by atoms with Crippen LogP contribution < -0.4 is 4.74 Å². The number of rotatable bonds is 6. The number of hydrogen-bond donors (Lipinski definition) is 0. The van der Waals surface area contributed by atoms with Gasteiger partial charge >= 0.3 is 0 Å². The van der Waals surface area contributed by atoms with Crippen LogP contribution in [0.3, 0.4) is 0 Å². The molecule has 1 rings (SSSR count). The Hall–Kier alpha value is -1.31. The van der Waals surface area contributed by atoms with Gasteiger partial charge < -0.3 is 4.74 Å². The van der Waals surface area contributed by atoms with Gasteiger partial charge in [0.15, 0.2) is 0 Å². The minimum absolute atomic E-state index is 0.887. The summed E-state index contributed by atoms with van der Waals surface area (Å²) in [5.74, 6) is 0.887. The zero-order valence-electron chi connectivity index (χ0n) is 9.57. The molecule has 0 radical (unpaired) electrons. The highest BCUT2D eigenvalue weighted by Crippen LogP contribution is 2.09. The Bertz CT molecular complexity index is 290. The molecule has 1 aromatic rings. The quantitative estimate of drug-likeness (QED) is 0.516. The summed E-state index contributed by atoms with van der Waals surface area (Å²) in [6, 6.07) is 7.94. The third kappa shape index (κ3) is 4.63. The molecule has 0 aliphatic heterocycles. The molecule has 82 valence electrons. The Morgan fingerprint density at radius 2 is 1.93 bits per heavy atom. The van der Waals surface area contributed by atoms with Gasteiger partial charge in [-0.3, -0.25) is 4.99 Å². The highest BCUT2D eigenvalue weighted by atomic mass is 16.5. The van der Waals surface area contributed by atoms with Crippen molar-refractivity contribution in [3.63, 3.8) is 0 Å². The first-order chi connectivity index (χ1) is 7.36. The van der Waals surface area contributed by atoms with Gasteiger partial charge in [-0.1, -0.05) is 19.8 Å². The van der Waals surface area contributed by atoms with Crippen LogP contribution in [0.2, 0.25) is 0 Å². The van der Waals surface area contributed by atoms with Crippen LogP contribution in [0.25, 0.3) is 0 Å². The average molecular weight is 205 g/mol. The molecule has 1 aromatic carbocycles. The standard InChI is InChI=1S/C13H19NO/c1-3-4-5-10-14-11-12-6-8-13(15-2)9-7-12/h6-9,11H,3-5,10H2,1-2H3. The second kappa shape index (κ2) is 7.04. The number of hydrogen-bond acceptors (Lipinski definition) is 2. The monoisotopic (exact) mass is 205 g/mol. The van der Waals surface area contributed by atoms with Gasteiger partial charge in [0.1, 0.15) is 5.75 Å². The molecule has 2 heteroatoms. The molecule has 0 spiro atoms.